The van der Waals surface area contributed by atoms with E-state index in [1.807, 2.05) is 43.3 Å². The highest BCUT2D eigenvalue weighted by molar-refractivity contribution is 5.87. The Morgan fingerprint density at radius 1 is 1.14 bits per heavy atom. The number of amides is 1. The summed E-state index contributed by atoms with van der Waals surface area (Å²) in [5.41, 5.74) is 3.22. The zero-order valence-corrected chi connectivity index (χ0v) is 21.0. The number of pyridine rings is 1. The third-order valence-electron chi connectivity index (χ3n) is 7.20. The molecule has 1 N–H and O–H groups in total. The van der Waals surface area contributed by atoms with Gasteiger partial charge in [0.25, 0.3) is 0 Å². The Morgan fingerprint density at radius 2 is 1.86 bits per heavy atom. The molecule has 9 heteroatoms. The van der Waals surface area contributed by atoms with E-state index in [0.717, 1.165) is 28.0 Å². The van der Waals surface area contributed by atoms with Gasteiger partial charge in [0.15, 0.2) is 0 Å². The average molecular weight is 516 g/mol. The number of benzene rings is 1. The van der Waals surface area contributed by atoms with E-state index in [-0.39, 0.29) is 30.1 Å². The molecule has 0 bridgehead atoms. The molecular weight excluding hydrogens is 483 g/mol. The number of hydrogen-bond donors (Lipinski definition) is 1. The number of carbonyl (C=O) groups is 2. The van der Waals surface area contributed by atoms with Crippen LogP contribution in [0.2, 0.25) is 0 Å². The second-order valence-corrected chi connectivity index (χ2v) is 9.81. The number of nitrogens with one attached hydrogen (secondary N) is 1. The first-order chi connectivity index (χ1) is 17.7. The van der Waals surface area contributed by atoms with Crippen molar-refractivity contribution in [3.63, 3.8) is 0 Å². The summed E-state index contributed by atoms with van der Waals surface area (Å²) in [5.74, 6) is -2.25. The Balaban J connectivity index is 1.32. The molecule has 0 radical (unpaired) electrons. The van der Waals surface area contributed by atoms with Crippen molar-refractivity contribution in [1.82, 2.24) is 15.2 Å². The van der Waals surface area contributed by atoms with Crippen LogP contribution in [0.25, 0.3) is 6.08 Å². The number of methoxy groups -OCH3 is 1. The number of alkyl halides is 3. The first-order valence-electron chi connectivity index (χ1n) is 12.6. The minimum Gasteiger partial charge on any atom is -0.464 e. The summed E-state index contributed by atoms with van der Waals surface area (Å²) in [5, 5.41) is 3.38. The Morgan fingerprint density at radius 3 is 2.46 bits per heavy atom. The fourth-order valence-electron chi connectivity index (χ4n) is 5.04. The second kappa shape index (κ2) is 11.5. The summed E-state index contributed by atoms with van der Waals surface area (Å²) in [6, 6.07) is 12.8. The van der Waals surface area contributed by atoms with E-state index in [2.05, 4.69) is 15.0 Å². The first-order valence-corrected chi connectivity index (χ1v) is 12.6. The lowest BCUT2D eigenvalue weighted by Crippen LogP contribution is -2.50. The zero-order valence-electron chi connectivity index (χ0n) is 21.0. The van der Waals surface area contributed by atoms with Gasteiger partial charge in [0.1, 0.15) is 5.69 Å². The number of nitrogens with zero attached hydrogens (tertiary/aromatic N) is 2. The molecule has 1 aromatic carbocycles. The molecule has 2 aliphatic rings. The molecule has 1 heterocycles. The summed E-state index contributed by atoms with van der Waals surface area (Å²) in [6.45, 7) is 2.65. The molecule has 0 spiro atoms. The summed E-state index contributed by atoms with van der Waals surface area (Å²) in [7, 11) is 1.30. The van der Waals surface area contributed by atoms with E-state index >= 15 is 0 Å². The van der Waals surface area contributed by atoms with Gasteiger partial charge in [-0.25, -0.2) is 9.78 Å². The Hall–Kier alpha value is -3.20. The van der Waals surface area contributed by atoms with Crippen molar-refractivity contribution in [3.8, 4) is 0 Å². The van der Waals surface area contributed by atoms with Gasteiger partial charge in [-0.15, -0.1) is 0 Å². The van der Waals surface area contributed by atoms with Gasteiger partial charge in [-0.2, -0.15) is 13.2 Å². The van der Waals surface area contributed by atoms with E-state index in [4.69, 9.17) is 0 Å². The van der Waals surface area contributed by atoms with Crippen molar-refractivity contribution >= 4 is 18.0 Å². The Kier molecular flexibility index (Phi) is 8.32. The minimum atomic E-state index is -4.88. The zero-order chi connectivity index (χ0) is 26.6. The van der Waals surface area contributed by atoms with Crippen LogP contribution >= 0.6 is 0 Å². The number of rotatable bonds is 10. The maximum absolute atomic E-state index is 13.4. The molecule has 2 aromatic rings. The Labute approximate surface area is 214 Å². The van der Waals surface area contributed by atoms with Gasteiger partial charge < -0.3 is 15.0 Å². The maximum Gasteiger partial charge on any atom is 0.471 e. The van der Waals surface area contributed by atoms with Gasteiger partial charge in [0, 0.05) is 37.3 Å². The minimum absolute atomic E-state index is 0.0213. The highest BCUT2D eigenvalue weighted by Crippen LogP contribution is 2.46. The van der Waals surface area contributed by atoms with Crippen LogP contribution in [0.5, 0.6) is 0 Å². The molecule has 37 heavy (non-hydrogen) atoms. The molecule has 2 atom stereocenters. The molecule has 0 aliphatic heterocycles. The molecule has 2 unspecified atom stereocenters. The van der Waals surface area contributed by atoms with Gasteiger partial charge in [-0.3, -0.25) is 4.79 Å². The van der Waals surface area contributed by atoms with Crippen LogP contribution in [-0.4, -0.2) is 53.7 Å². The molecule has 2 aliphatic carbocycles. The van der Waals surface area contributed by atoms with Crippen LogP contribution < -0.4 is 5.32 Å². The van der Waals surface area contributed by atoms with Crippen LogP contribution in [0, 0.1) is 11.8 Å². The van der Waals surface area contributed by atoms with Crippen molar-refractivity contribution in [1.29, 1.82) is 0 Å². The molecule has 4 rings (SSSR count). The molecule has 2 saturated carbocycles. The SMILES string of the molecule is CC/C(=C\c1ccccc1)C1CC1N(C[C@H]1C[C@H](NCc2ccc(C(=O)OC)nc2)C1)C(=O)C(F)(F)F. The third-order valence-corrected chi connectivity index (χ3v) is 7.20. The summed E-state index contributed by atoms with van der Waals surface area (Å²) < 4.78 is 45.0. The van der Waals surface area contributed by atoms with Crippen LogP contribution in [0.4, 0.5) is 13.2 Å². The lowest BCUT2D eigenvalue weighted by molar-refractivity contribution is -0.187. The number of halogens is 3. The van der Waals surface area contributed by atoms with E-state index < -0.39 is 24.1 Å². The fraction of sp³-hybridized carbons (Fsp3) is 0.464. The quantitative estimate of drug-likeness (QED) is 0.451. The second-order valence-electron chi connectivity index (χ2n) is 9.81. The van der Waals surface area contributed by atoms with Gasteiger partial charge >= 0.3 is 18.1 Å². The molecule has 1 aromatic heterocycles. The average Bonchev–Trinajstić information content (AvgIpc) is 3.66. The van der Waals surface area contributed by atoms with Crippen LogP contribution in [-0.2, 0) is 16.1 Å². The fourth-order valence-corrected chi connectivity index (χ4v) is 5.04. The number of carbonyl (C=O) groups excluding carboxylic acids is 2. The number of esters is 1. The maximum atomic E-state index is 13.4. The third kappa shape index (κ3) is 6.77. The molecule has 0 saturated heterocycles. The number of hydrogen-bond acceptors (Lipinski definition) is 5. The lowest BCUT2D eigenvalue weighted by Gasteiger charge is -2.39. The molecule has 6 nitrogen and oxygen atoms in total. The number of ether oxygens (including phenoxy) is 1. The highest BCUT2D eigenvalue weighted by atomic mass is 19.4. The van der Waals surface area contributed by atoms with E-state index in [9.17, 15) is 22.8 Å². The van der Waals surface area contributed by atoms with Crippen molar-refractivity contribution < 1.29 is 27.5 Å². The predicted molar refractivity (Wildman–Crippen MR) is 133 cm³/mol. The Bertz CT molecular complexity index is 1110. The summed E-state index contributed by atoms with van der Waals surface area (Å²) >= 11 is 0. The van der Waals surface area contributed by atoms with Gasteiger partial charge in [0.2, 0.25) is 0 Å². The van der Waals surface area contributed by atoms with Crippen molar-refractivity contribution in [2.75, 3.05) is 13.7 Å². The monoisotopic (exact) mass is 515 g/mol. The summed E-state index contributed by atoms with van der Waals surface area (Å²) in [4.78, 5) is 29.0. The normalized spacial score (nSPS) is 23.2. The highest BCUT2D eigenvalue weighted by Gasteiger charge is 2.53. The van der Waals surface area contributed by atoms with Crippen LogP contribution in [0.1, 0.15) is 54.2 Å². The first kappa shape index (κ1) is 26.9. The topological polar surface area (TPSA) is 71.5 Å². The van der Waals surface area contributed by atoms with E-state index in [0.29, 0.717) is 25.8 Å². The molecule has 2 fully saturated rings. The van der Waals surface area contributed by atoms with Crippen molar-refractivity contribution in [2.24, 2.45) is 11.8 Å². The van der Waals surface area contributed by atoms with Crippen LogP contribution in [0.15, 0.2) is 54.2 Å². The van der Waals surface area contributed by atoms with Crippen molar-refractivity contribution in [3.05, 3.63) is 71.1 Å². The number of aromatic nitrogens is 1. The lowest BCUT2D eigenvalue weighted by atomic mass is 9.79. The summed E-state index contributed by atoms with van der Waals surface area (Å²) in [6.07, 6.45) is 1.46. The molecule has 198 valence electrons. The van der Waals surface area contributed by atoms with Crippen LogP contribution in [0.3, 0.4) is 0 Å². The van der Waals surface area contributed by atoms with Gasteiger partial charge in [-0.1, -0.05) is 55.0 Å². The van der Waals surface area contributed by atoms with Gasteiger partial charge in [0.05, 0.1) is 7.11 Å². The largest absolute Gasteiger partial charge is 0.471 e. The van der Waals surface area contributed by atoms with Crippen molar-refractivity contribution in [2.45, 2.75) is 57.4 Å². The van der Waals surface area contributed by atoms with E-state index in [1.165, 1.54) is 7.11 Å². The molecular formula is C28H32F3N3O3. The van der Waals surface area contributed by atoms with E-state index in [1.54, 1.807) is 18.3 Å². The smallest absolute Gasteiger partial charge is 0.464 e. The van der Waals surface area contributed by atoms with Gasteiger partial charge in [-0.05, 0) is 48.8 Å². The predicted octanol–water partition coefficient (Wildman–Crippen LogP) is 5.01. The molecule has 1 amide bonds. The standard InChI is InChI=1S/C28H32F3N3O3/c1-3-21(11-18-7-5-4-6-8-18)23-14-25(23)34(27(36)28(29,30)31)17-20-12-22(13-20)32-15-19-9-10-24(33-16-19)26(35)37-2/h4-11,16,20,22-23,25,32H,3,12-15,17H2,1-2H3/b21-11+/t20-,22-,23?,25?.